The lowest BCUT2D eigenvalue weighted by molar-refractivity contribution is 0.329. The first-order valence-electron chi connectivity index (χ1n) is 15.5. The third kappa shape index (κ3) is 7.59. The molecule has 0 saturated heterocycles. The van der Waals surface area contributed by atoms with E-state index in [1.54, 1.807) is 6.92 Å². The average Bonchev–Trinajstić information content (AvgIpc) is 3.13. The third-order valence-corrected chi connectivity index (χ3v) is 13.1. The normalized spacial score (nSPS) is 11.9. The predicted molar refractivity (Wildman–Crippen MR) is 190 cm³/mol. The molecule has 0 aliphatic heterocycles. The van der Waals surface area contributed by atoms with Gasteiger partial charge in [-0.2, -0.15) is 0 Å². The summed E-state index contributed by atoms with van der Waals surface area (Å²) in [6.45, 7) is 1.87. The van der Waals surface area contributed by atoms with E-state index in [1.165, 1.54) is 140 Å². The van der Waals surface area contributed by atoms with Gasteiger partial charge in [-0.15, -0.1) is 0 Å². The van der Waals surface area contributed by atoms with E-state index < -0.39 is 29.5 Å². The maximum absolute atomic E-state index is 13.7. The Morgan fingerprint density at radius 3 is 1.10 bits per heavy atom. The van der Waals surface area contributed by atoms with E-state index in [-0.39, 0.29) is 59.0 Å². The molecule has 0 fully saturated rings. The van der Waals surface area contributed by atoms with Crippen molar-refractivity contribution in [3.8, 4) is 40.2 Å². The van der Waals surface area contributed by atoms with Crippen molar-refractivity contribution in [2.75, 3.05) is 6.61 Å². The minimum Gasteiger partial charge on any atom is -0.508 e. The van der Waals surface area contributed by atoms with Crippen LogP contribution in [0.15, 0.2) is 169 Å². The Balaban J connectivity index is 1.16. The summed E-state index contributed by atoms with van der Waals surface area (Å²) in [4.78, 5) is -0.0326. The zero-order valence-electron chi connectivity index (χ0n) is 27.3. The van der Waals surface area contributed by atoms with Gasteiger partial charge in [0.25, 0.3) is 0 Å². The molecule has 0 bridgehead atoms. The molecule has 52 heavy (non-hydrogen) atoms. The lowest BCUT2D eigenvalue weighted by Crippen LogP contribution is -2.06. The van der Waals surface area contributed by atoms with Crippen LogP contribution < -0.4 is 14.2 Å². The van der Waals surface area contributed by atoms with Crippen molar-refractivity contribution in [2.45, 2.75) is 36.3 Å². The Hall–Kier alpha value is -5.83. The summed E-state index contributed by atoms with van der Waals surface area (Å²) in [5.74, 6) is 1.13. The summed E-state index contributed by atoms with van der Waals surface area (Å²) < 4.78 is 96.5. The zero-order chi connectivity index (χ0) is 37.1. The van der Waals surface area contributed by atoms with Gasteiger partial charge in [0.05, 0.1) is 31.1 Å². The van der Waals surface area contributed by atoms with Gasteiger partial charge in [-0.1, -0.05) is 0 Å². The molecule has 0 heterocycles. The van der Waals surface area contributed by atoms with Crippen LogP contribution in [0, 0.1) is 0 Å². The molecular formula is C38H30O11S3. The molecule has 11 nitrogen and oxygen atoms in total. The maximum Gasteiger partial charge on any atom is 0.210 e. The lowest BCUT2D eigenvalue weighted by Gasteiger charge is -2.14. The number of benzene rings is 6. The molecule has 0 saturated carbocycles. The van der Waals surface area contributed by atoms with Crippen LogP contribution in [0.5, 0.6) is 40.2 Å². The quantitative estimate of drug-likeness (QED) is 0.126. The Morgan fingerprint density at radius 2 is 0.731 bits per heavy atom. The molecule has 6 rings (SSSR count). The zero-order valence-corrected chi connectivity index (χ0v) is 29.7. The van der Waals surface area contributed by atoms with Crippen LogP contribution >= 0.6 is 0 Å². The highest BCUT2D eigenvalue weighted by molar-refractivity contribution is 7.92. The topological polar surface area (TPSA) is 171 Å². The molecule has 266 valence electrons. The van der Waals surface area contributed by atoms with Gasteiger partial charge in [-0.25, -0.2) is 25.3 Å². The van der Waals surface area contributed by atoms with Crippen molar-refractivity contribution < 1.29 is 49.7 Å². The minimum absolute atomic E-state index is 0.0207. The first-order chi connectivity index (χ1) is 24.8. The molecule has 6 aromatic carbocycles. The molecule has 6 aromatic rings. The summed E-state index contributed by atoms with van der Waals surface area (Å²) in [6.07, 6.45) is 0. The van der Waals surface area contributed by atoms with Crippen molar-refractivity contribution in [1.29, 1.82) is 0 Å². The van der Waals surface area contributed by atoms with Crippen LogP contribution in [0.2, 0.25) is 0 Å². The van der Waals surface area contributed by atoms with Crippen LogP contribution in [0.3, 0.4) is 0 Å². The number of phenols is 2. The van der Waals surface area contributed by atoms with E-state index in [0.29, 0.717) is 17.2 Å². The van der Waals surface area contributed by atoms with Gasteiger partial charge in [0.15, 0.2) is 0 Å². The van der Waals surface area contributed by atoms with E-state index in [2.05, 4.69) is 0 Å². The molecule has 0 radical (unpaired) electrons. The number of phenolic OH excluding ortho intramolecular Hbond substituents is 2. The van der Waals surface area contributed by atoms with Crippen molar-refractivity contribution in [1.82, 2.24) is 0 Å². The third-order valence-electron chi connectivity index (χ3n) is 7.67. The first kappa shape index (κ1) is 36.0. The number of aromatic hydroxyl groups is 2. The molecule has 2 N–H and O–H groups in total. The molecule has 0 amide bonds. The number of hydrogen-bond donors (Lipinski definition) is 2. The molecule has 14 heteroatoms. The van der Waals surface area contributed by atoms with Gasteiger partial charge in [0, 0.05) is 6.07 Å². The van der Waals surface area contributed by atoms with Gasteiger partial charge in [-0.3, -0.25) is 0 Å². The van der Waals surface area contributed by atoms with Crippen LogP contribution in [-0.4, -0.2) is 42.1 Å². The summed E-state index contributed by atoms with van der Waals surface area (Å²) in [7, 11) is -11.7. The maximum atomic E-state index is 13.7. The van der Waals surface area contributed by atoms with Gasteiger partial charge >= 0.3 is 0 Å². The fourth-order valence-electron chi connectivity index (χ4n) is 5.02. The van der Waals surface area contributed by atoms with E-state index in [9.17, 15) is 35.5 Å². The smallest absolute Gasteiger partial charge is 0.210 e. The van der Waals surface area contributed by atoms with Crippen LogP contribution in [0.1, 0.15) is 6.92 Å². The average molecular weight is 759 g/mol. The molecule has 0 aliphatic carbocycles. The molecule has 0 unspecified atom stereocenters. The second kappa shape index (κ2) is 14.4. The monoisotopic (exact) mass is 758 g/mol. The molecule has 0 aliphatic rings. The molecular weight excluding hydrogens is 729 g/mol. The number of rotatable bonds is 12. The van der Waals surface area contributed by atoms with Crippen molar-refractivity contribution in [2.24, 2.45) is 0 Å². The van der Waals surface area contributed by atoms with Gasteiger partial charge in [0.1, 0.15) is 45.1 Å². The first-order valence-corrected chi connectivity index (χ1v) is 20.0. The van der Waals surface area contributed by atoms with E-state index in [4.69, 9.17) is 14.2 Å². The summed E-state index contributed by atoms with van der Waals surface area (Å²) >= 11 is 0. The Bertz CT molecular complexity index is 2530. The van der Waals surface area contributed by atoms with Crippen molar-refractivity contribution in [3.05, 3.63) is 140 Å². The van der Waals surface area contributed by atoms with E-state index in [1.807, 2.05) is 0 Å². The standard InChI is InChI=1S/C38H30O11S3/c1-2-47-37-25-31(49-30-9-20-35(21-10-30)51(43,44)33-16-5-27(40)6-17-33)13-24-38(37)52(45,46)36-22-11-29(12-23-36)48-28-7-18-34(19-8-28)50(41,42)32-14-3-26(39)4-15-32/h3-25,39-40H,2H2,1H3. The van der Waals surface area contributed by atoms with E-state index in [0.717, 1.165) is 0 Å². The van der Waals surface area contributed by atoms with Crippen LogP contribution in [-0.2, 0) is 29.5 Å². The van der Waals surface area contributed by atoms with Crippen molar-refractivity contribution in [3.63, 3.8) is 0 Å². The second-order valence-corrected chi connectivity index (χ2v) is 17.0. The largest absolute Gasteiger partial charge is 0.508 e. The van der Waals surface area contributed by atoms with Crippen LogP contribution in [0.25, 0.3) is 0 Å². The number of hydrogen-bond acceptors (Lipinski definition) is 11. The molecule has 0 atom stereocenters. The van der Waals surface area contributed by atoms with Crippen molar-refractivity contribution >= 4 is 29.5 Å². The number of sulfone groups is 3. The van der Waals surface area contributed by atoms with E-state index >= 15 is 0 Å². The predicted octanol–water partition coefficient (Wildman–Crippen LogP) is 7.58. The fraction of sp³-hybridized carbons (Fsp3) is 0.0526. The second-order valence-electron chi connectivity index (χ2n) is 11.2. The highest BCUT2D eigenvalue weighted by atomic mass is 32.2. The Morgan fingerprint density at radius 1 is 0.423 bits per heavy atom. The summed E-state index contributed by atoms with van der Waals surface area (Å²) in [5, 5.41) is 18.9. The van der Waals surface area contributed by atoms with Gasteiger partial charge < -0.3 is 24.4 Å². The Labute approximate surface area is 300 Å². The van der Waals surface area contributed by atoms with Gasteiger partial charge in [0.2, 0.25) is 29.5 Å². The summed E-state index contributed by atoms with van der Waals surface area (Å²) in [6, 6.07) is 31.8. The van der Waals surface area contributed by atoms with Gasteiger partial charge in [-0.05, 0) is 140 Å². The minimum atomic E-state index is -4.07. The molecule has 0 aromatic heterocycles. The highest BCUT2D eigenvalue weighted by Gasteiger charge is 2.24. The fourth-order valence-corrected chi connectivity index (χ4v) is 8.92. The molecule has 0 spiro atoms. The Kier molecular flexibility index (Phi) is 9.98. The lowest BCUT2D eigenvalue weighted by atomic mass is 10.3. The summed E-state index contributed by atoms with van der Waals surface area (Å²) in [5.41, 5.74) is 0. The SMILES string of the molecule is CCOc1cc(Oc2ccc(S(=O)(=O)c3ccc(O)cc3)cc2)ccc1S(=O)(=O)c1ccc(Oc2ccc(S(=O)(=O)c3ccc(O)cc3)cc2)cc1. The highest BCUT2D eigenvalue weighted by Crippen LogP contribution is 2.36. The number of ether oxygens (including phenoxy) is 3. The van der Waals surface area contributed by atoms with Crippen LogP contribution in [0.4, 0.5) is 0 Å².